The second-order valence-corrected chi connectivity index (χ2v) is 17.5. The Kier molecular flexibility index (Phi) is 9.74. The van der Waals surface area contributed by atoms with E-state index in [1.165, 1.54) is 5.57 Å². The highest BCUT2D eigenvalue weighted by atomic mass is 16.5. The third-order valence-corrected chi connectivity index (χ3v) is 15.4. The number of ether oxygens (including phenoxy) is 2. The molecule has 3 saturated carbocycles. The number of hydrogen-bond acceptors (Lipinski definition) is 5. The molecule has 6 nitrogen and oxygen atoms in total. The Morgan fingerprint density at radius 1 is 1.05 bits per heavy atom. The number of fused-ring (bicyclic) bond motifs is 5. The molecule has 0 aromatic rings. The smallest absolute Gasteiger partial charge is 0.307 e. The number of hydrogen-bond donors (Lipinski definition) is 3. The molecule has 0 aromatic carbocycles. The predicted octanol–water partition coefficient (Wildman–Crippen LogP) is 7.86. The lowest BCUT2D eigenvalue weighted by Gasteiger charge is -2.70. The van der Waals surface area contributed by atoms with E-state index in [2.05, 4.69) is 75.3 Å². The second kappa shape index (κ2) is 11.9. The number of rotatable bonds is 10. The molecule has 0 bridgehead atoms. The van der Waals surface area contributed by atoms with Crippen LogP contribution in [0.2, 0.25) is 0 Å². The van der Waals surface area contributed by atoms with Gasteiger partial charge in [-0.25, -0.2) is 0 Å². The van der Waals surface area contributed by atoms with E-state index in [1.807, 2.05) is 6.92 Å². The first-order valence-corrected chi connectivity index (χ1v) is 17.8. The van der Waals surface area contributed by atoms with Gasteiger partial charge in [-0.3, -0.25) is 4.79 Å². The van der Waals surface area contributed by atoms with E-state index in [4.69, 9.17) is 15.2 Å². The number of carbonyl (C=O) groups is 1. The van der Waals surface area contributed by atoms with Crippen molar-refractivity contribution in [3.8, 4) is 0 Å². The van der Waals surface area contributed by atoms with E-state index in [1.54, 1.807) is 7.11 Å². The van der Waals surface area contributed by atoms with E-state index in [9.17, 15) is 15.0 Å². The van der Waals surface area contributed by atoms with E-state index in [0.717, 1.165) is 44.9 Å². The summed E-state index contributed by atoms with van der Waals surface area (Å²) in [7, 11) is 1.78. The van der Waals surface area contributed by atoms with Gasteiger partial charge in [-0.1, -0.05) is 80.9 Å². The Balaban J connectivity index is 1.81. The van der Waals surface area contributed by atoms with Crippen LogP contribution in [0.1, 0.15) is 128 Å². The third-order valence-electron chi connectivity index (χ3n) is 15.4. The van der Waals surface area contributed by atoms with Crippen LogP contribution in [0.4, 0.5) is 0 Å². The first kappa shape index (κ1) is 35.9. The lowest BCUT2D eigenvalue weighted by Crippen LogP contribution is -2.68. The predicted molar refractivity (Wildman–Crippen MR) is 178 cm³/mol. The molecule has 3 fully saturated rings. The fraction of sp³-hybridized carbons (Fsp3) is 0.921. The van der Waals surface area contributed by atoms with Crippen LogP contribution in [0, 0.1) is 56.7 Å². The highest BCUT2D eigenvalue weighted by Crippen LogP contribution is 2.74. The third kappa shape index (κ3) is 4.97. The SMILES string of the molecule is CCC(N)(CC)CO[C@H]1[C@H](OC)C[C@]2([C@H](C)O)C3=CC[C@@]4(C)[C@H](C(=O)O)[C@@](C)([C@H](C)C(C)C)CC[C@]4(C)[C@H]3CC[C@H]2C1(C)C. The molecule has 4 aliphatic rings. The molecule has 0 aliphatic heterocycles. The Hall–Kier alpha value is -0.950. The number of aliphatic carboxylic acids is 1. The summed E-state index contributed by atoms with van der Waals surface area (Å²) in [6.45, 7) is 25.1. The monoisotopic (exact) mass is 618 g/mol. The summed E-state index contributed by atoms with van der Waals surface area (Å²) in [6, 6.07) is 0. The van der Waals surface area contributed by atoms with Crippen LogP contribution in [0.25, 0.3) is 0 Å². The van der Waals surface area contributed by atoms with Gasteiger partial charge in [-0.05, 0) is 104 Å². The highest BCUT2D eigenvalue weighted by Gasteiger charge is 2.71. The molecule has 0 unspecified atom stereocenters. The Morgan fingerprint density at radius 2 is 1.66 bits per heavy atom. The largest absolute Gasteiger partial charge is 0.481 e. The van der Waals surface area contributed by atoms with Gasteiger partial charge in [0.25, 0.3) is 0 Å². The summed E-state index contributed by atoms with van der Waals surface area (Å²) in [5.41, 5.74) is 6.18. The maximum absolute atomic E-state index is 13.3. The van der Waals surface area contributed by atoms with Gasteiger partial charge < -0.3 is 25.4 Å². The van der Waals surface area contributed by atoms with Crippen LogP contribution in [0.5, 0.6) is 0 Å². The van der Waals surface area contributed by atoms with Crippen LogP contribution >= 0.6 is 0 Å². The van der Waals surface area contributed by atoms with Crippen molar-refractivity contribution in [2.24, 2.45) is 62.4 Å². The Labute approximate surface area is 269 Å². The fourth-order valence-electron chi connectivity index (χ4n) is 11.7. The molecular weight excluding hydrogens is 550 g/mol. The summed E-state index contributed by atoms with van der Waals surface area (Å²) in [5.74, 6) is 0.102. The molecule has 0 radical (unpaired) electrons. The summed E-state index contributed by atoms with van der Waals surface area (Å²) < 4.78 is 13.0. The molecule has 0 amide bonds. The zero-order valence-electron chi connectivity index (χ0n) is 30.3. The number of nitrogens with two attached hydrogens (primary N) is 1. The zero-order chi connectivity index (χ0) is 33.3. The Bertz CT molecular complexity index is 1090. The average Bonchev–Trinajstić information content (AvgIpc) is 2.95. The van der Waals surface area contributed by atoms with Crippen molar-refractivity contribution in [2.45, 2.75) is 151 Å². The van der Waals surface area contributed by atoms with Crippen molar-refractivity contribution in [3.63, 3.8) is 0 Å². The van der Waals surface area contributed by atoms with Gasteiger partial charge in [0.05, 0.1) is 30.8 Å². The molecule has 6 heteroatoms. The lowest BCUT2D eigenvalue weighted by atomic mass is 9.34. The molecule has 0 saturated heterocycles. The van der Waals surface area contributed by atoms with E-state index in [0.29, 0.717) is 24.9 Å². The molecule has 4 rings (SSSR count). The minimum Gasteiger partial charge on any atom is -0.481 e. The standard InChI is InChI=1S/C38H67NO5/c1-13-37(39,14-2)22-44-31-28(43-12)21-38(25(6)40)27-17-18-36(11)30(32(41)42)34(9,24(5)23(3)4)19-20-35(36,10)26(27)15-16-29(38)33(31,7)8/h17,23-26,28-31,40H,13-16,18-22,39H2,1-12H3,(H,41,42)/t24-,25+,26+,28-,29+,30-,31+,34-,35-,36+,38+/m1/s1. The van der Waals surface area contributed by atoms with E-state index in [-0.39, 0.29) is 51.2 Å². The topological polar surface area (TPSA) is 102 Å². The van der Waals surface area contributed by atoms with Crippen molar-refractivity contribution in [1.29, 1.82) is 0 Å². The quantitative estimate of drug-likeness (QED) is 0.216. The second-order valence-electron chi connectivity index (χ2n) is 17.5. The van der Waals surface area contributed by atoms with Crippen molar-refractivity contribution in [1.82, 2.24) is 0 Å². The number of methoxy groups -OCH3 is 1. The van der Waals surface area contributed by atoms with E-state index >= 15 is 0 Å². The minimum absolute atomic E-state index is 0.128. The number of carboxylic acids is 1. The first-order valence-electron chi connectivity index (χ1n) is 17.8. The average molecular weight is 618 g/mol. The van der Waals surface area contributed by atoms with Crippen LogP contribution in [-0.4, -0.2) is 53.7 Å². The van der Waals surface area contributed by atoms with Crippen molar-refractivity contribution < 1.29 is 24.5 Å². The van der Waals surface area contributed by atoms with Crippen LogP contribution in [0.3, 0.4) is 0 Å². The lowest BCUT2D eigenvalue weighted by molar-refractivity contribution is -0.232. The van der Waals surface area contributed by atoms with Crippen molar-refractivity contribution in [3.05, 3.63) is 11.6 Å². The molecule has 44 heavy (non-hydrogen) atoms. The van der Waals surface area contributed by atoms with Gasteiger partial charge in [0.2, 0.25) is 0 Å². The van der Waals surface area contributed by atoms with Crippen LogP contribution in [0.15, 0.2) is 11.6 Å². The number of aliphatic hydroxyl groups is 1. The van der Waals surface area contributed by atoms with Gasteiger partial charge in [0.1, 0.15) is 0 Å². The van der Waals surface area contributed by atoms with Gasteiger partial charge in [0, 0.05) is 18.1 Å². The minimum atomic E-state index is -0.641. The van der Waals surface area contributed by atoms with Crippen molar-refractivity contribution in [2.75, 3.05) is 13.7 Å². The normalized spacial score (nSPS) is 43.3. The number of carboxylic acid groups (broad SMARTS) is 1. The molecule has 0 spiro atoms. The zero-order valence-corrected chi connectivity index (χ0v) is 30.3. The summed E-state index contributed by atoms with van der Waals surface area (Å²) in [5, 5.41) is 22.9. The number of allylic oxidation sites excluding steroid dienone is 1. The van der Waals surface area contributed by atoms with Gasteiger partial charge in [-0.2, -0.15) is 0 Å². The molecule has 254 valence electrons. The van der Waals surface area contributed by atoms with E-state index < -0.39 is 23.4 Å². The molecule has 4 N–H and O–H groups in total. The number of aliphatic hydroxyl groups excluding tert-OH is 1. The van der Waals surface area contributed by atoms with Crippen molar-refractivity contribution >= 4 is 5.97 Å². The summed E-state index contributed by atoms with van der Waals surface area (Å²) in [6.07, 6.45) is 8.62. The van der Waals surface area contributed by atoms with Crippen LogP contribution < -0.4 is 5.73 Å². The first-order chi connectivity index (χ1) is 20.3. The molecule has 4 aliphatic carbocycles. The molecule has 11 atom stereocenters. The maximum atomic E-state index is 13.3. The summed E-state index contributed by atoms with van der Waals surface area (Å²) >= 11 is 0. The van der Waals surface area contributed by atoms with Crippen LogP contribution in [-0.2, 0) is 14.3 Å². The van der Waals surface area contributed by atoms with Gasteiger partial charge in [-0.15, -0.1) is 0 Å². The Morgan fingerprint density at radius 3 is 2.16 bits per heavy atom. The van der Waals surface area contributed by atoms with Gasteiger partial charge in [0.15, 0.2) is 0 Å². The molecule has 0 aromatic heterocycles. The molecular formula is C38H67NO5. The molecule has 0 heterocycles. The maximum Gasteiger partial charge on any atom is 0.307 e. The highest BCUT2D eigenvalue weighted by molar-refractivity contribution is 5.73. The summed E-state index contributed by atoms with van der Waals surface area (Å²) in [4.78, 5) is 13.3. The van der Waals surface area contributed by atoms with Gasteiger partial charge >= 0.3 is 5.97 Å². The fourth-order valence-corrected chi connectivity index (χ4v) is 11.7.